The average molecular weight is 400 g/mol. The number of carbonyl (C=O) groups excluding carboxylic acids is 3. The molecule has 3 aliphatic rings. The molecule has 4 rings (SSSR count). The normalized spacial score (nSPS) is 24.3. The van der Waals surface area contributed by atoms with E-state index in [-0.39, 0.29) is 18.0 Å². The van der Waals surface area contributed by atoms with E-state index in [4.69, 9.17) is 0 Å². The number of carbonyl (C=O) groups is 3. The third-order valence-electron chi connectivity index (χ3n) is 6.03. The van der Waals surface area contributed by atoms with Crippen molar-refractivity contribution >= 4 is 23.4 Å². The number of pyridine rings is 1. The summed E-state index contributed by atoms with van der Waals surface area (Å²) in [5.74, 6) is -1.16. The summed E-state index contributed by atoms with van der Waals surface area (Å²) in [6.45, 7) is 6.21. The van der Waals surface area contributed by atoms with Gasteiger partial charge in [0.2, 0.25) is 11.8 Å². The zero-order valence-corrected chi connectivity index (χ0v) is 16.5. The lowest BCUT2D eigenvalue weighted by Gasteiger charge is -2.41. The highest BCUT2D eigenvalue weighted by molar-refractivity contribution is 6.03. The molecule has 0 radical (unpaired) electrons. The highest BCUT2D eigenvalue weighted by atomic mass is 16.2. The zero-order valence-electron chi connectivity index (χ0n) is 16.5. The Bertz CT molecular complexity index is 754. The van der Waals surface area contributed by atoms with Crippen LogP contribution in [0.5, 0.6) is 0 Å². The van der Waals surface area contributed by atoms with Crippen molar-refractivity contribution in [3.05, 3.63) is 24.0 Å². The van der Waals surface area contributed by atoms with E-state index >= 15 is 0 Å². The smallest absolute Gasteiger partial charge is 0.270 e. The Labute approximate surface area is 170 Å². The van der Waals surface area contributed by atoms with Crippen LogP contribution in [-0.2, 0) is 9.59 Å². The van der Waals surface area contributed by atoms with Gasteiger partial charge in [-0.15, -0.1) is 0 Å². The number of hydrogen-bond acceptors (Lipinski definition) is 7. The molecule has 1 atom stereocenters. The Balaban J connectivity index is 1.29. The van der Waals surface area contributed by atoms with Crippen molar-refractivity contribution in [1.29, 1.82) is 0 Å². The number of amides is 3. The fourth-order valence-electron chi connectivity index (χ4n) is 4.29. The van der Waals surface area contributed by atoms with Crippen LogP contribution in [0.3, 0.4) is 0 Å². The van der Waals surface area contributed by atoms with Crippen molar-refractivity contribution < 1.29 is 14.4 Å². The molecule has 3 saturated heterocycles. The van der Waals surface area contributed by atoms with Gasteiger partial charge in [0.05, 0.1) is 11.9 Å². The second-order valence-electron chi connectivity index (χ2n) is 7.88. The third kappa shape index (κ3) is 4.73. The molecule has 0 bridgehead atoms. The summed E-state index contributed by atoms with van der Waals surface area (Å²) in [7, 11) is 0. The number of imide groups is 1. The van der Waals surface area contributed by atoms with Crippen molar-refractivity contribution in [3.63, 3.8) is 0 Å². The molecule has 0 saturated carbocycles. The molecule has 0 unspecified atom stereocenters. The number of nitrogens with zero attached hydrogens (tertiary/aromatic N) is 3. The molecule has 3 aliphatic heterocycles. The summed E-state index contributed by atoms with van der Waals surface area (Å²) >= 11 is 0. The van der Waals surface area contributed by atoms with Crippen molar-refractivity contribution in [3.8, 4) is 0 Å². The fraction of sp³-hybridized carbons (Fsp3) is 0.600. The largest absolute Gasteiger partial charge is 0.368 e. The second-order valence-corrected chi connectivity index (χ2v) is 7.88. The summed E-state index contributed by atoms with van der Waals surface area (Å²) in [6, 6.07) is 3.60. The first-order valence-corrected chi connectivity index (χ1v) is 10.4. The lowest BCUT2D eigenvalue weighted by molar-refractivity contribution is -0.134. The van der Waals surface area contributed by atoms with E-state index in [9.17, 15) is 14.4 Å². The van der Waals surface area contributed by atoms with Gasteiger partial charge in [-0.05, 0) is 44.5 Å². The standard InChI is InChI=1S/C20H28N6O3/c27-18-4-3-17(20(29)24-18)23-19(28)16-2-1-15(13-22-16)26-11-9-25(10-12-26)14-5-7-21-8-6-14/h1-2,13-14,17,21H,3-12H2,(H,23,28)(H,24,27,29)/t17-/m0/s1. The topological polar surface area (TPSA) is 107 Å². The van der Waals surface area contributed by atoms with Crippen LogP contribution in [0.25, 0.3) is 0 Å². The minimum Gasteiger partial charge on any atom is -0.368 e. The van der Waals surface area contributed by atoms with E-state index in [1.165, 1.54) is 12.8 Å². The molecule has 156 valence electrons. The minimum atomic E-state index is -0.690. The van der Waals surface area contributed by atoms with Crippen molar-refractivity contribution in [2.75, 3.05) is 44.2 Å². The number of piperidine rings is 2. The van der Waals surface area contributed by atoms with E-state index in [1.807, 2.05) is 6.07 Å². The fourth-order valence-corrected chi connectivity index (χ4v) is 4.29. The Morgan fingerprint density at radius 1 is 1.07 bits per heavy atom. The predicted molar refractivity (Wildman–Crippen MR) is 108 cm³/mol. The first-order chi connectivity index (χ1) is 14.1. The van der Waals surface area contributed by atoms with Crippen LogP contribution in [0.2, 0.25) is 0 Å². The Morgan fingerprint density at radius 2 is 1.83 bits per heavy atom. The zero-order chi connectivity index (χ0) is 20.2. The Hall–Kier alpha value is -2.52. The van der Waals surface area contributed by atoms with Gasteiger partial charge in [0.1, 0.15) is 11.7 Å². The van der Waals surface area contributed by atoms with Crippen LogP contribution < -0.4 is 20.9 Å². The van der Waals surface area contributed by atoms with Crippen LogP contribution in [0, 0.1) is 0 Å². The summed E-state index contributed by atoms with van der Waals surface area (Å²) in [5.41, 5.74) is 1.28. The highest BCUT2D eigenvalue weighted by Gasteiger charge is 2.29. The summed E-state index contributed by atoms with van der Waals surface area (Å²) < 4.78 is 0. The molecular weight excluding hydrogens is 372 g/mol. The molecule has 3 fully saturated rings. The molecule has 4 heterocycles. The first kappa shape index (κ1) is 19.8. The number of piperazine rings is 1. The van der Waals surface area contributed by atoms with Gasteiger partial charge in [-0.1, -0.05) is 0 Å². The summed E-state index contributed by atoms with van der Waals surface area (Å²) in [4.78, 5) is 44.6. The van der Waals surface area contributed by atoms with Crippen molar-refractivity contribution in [2.24, 2.45) is 0 Å². The number of rotatable bonds is 4. The maximum Gasteiger partial charge on any atom is 0.270 e. The minimum absolute atomic E-state index is 0.229. The molecule has 0 aromatic carbocycles. The lowest BCUT2D eigenvalue weighted by Crippen LogP contribution is -2.53. The van der Waals surface area contributed by atoms with Gasteiger partial charge < -0.3 is 15.5 Å². The van der Waals surface area contributed by atoms with Gasteiger partial charge >= 0.3 is 0 Å². The Kier molecular flexibility index (Phi) is 6.05. The molecule has 1 aromatic rings. The van der Waals surface area contributed by atoms with Gasteiger partial charge in [0.15, 0.2) is 0 Å². The maximum absolute atomic E-state index is 12.4. The van der Waals surface area contributed by atoms with Gasteiger partial charge in [-0.2, -0.15) is 0 Å². The van der Waals surface area contributed by atoms with E-state index in [2.05, 4.69) is 30.7 Å². The Morgan fingerprint density at radius 3 is 2.48 bits per heavy atom. The molecule has 29 heavy (non-hydrogen) atoms. The van der Waals surface area contributed by atoms with Crippen LogP contribution in [0.1, 0.15) is 36.2 Å². The van der Waals surface area contributed by atoms with E-state index in [0.717, 1.165) is 45.0 Å². The molecule has 1 aromatic heterocycles. The molecule has 3 N–H and O–H groups in total. The van der Waals surface area contributed by atoms with Gasteiger partial charge in [0, 0.05) is 38.6 Å². The summed E-state index contributed by atoms with van der Waals surface area (Å²) in [6.07, 6.45) is 4.71. The molecule has 3 amide bonds. The van der Waals surface area contributed by atoms with E-state index < -0.39 is 17.9 Å². The number of hydrogen-bond donors (Lipinski definition) is 3. The summed E-state index contributed by atoms with van der Waals surface area (Å²) in [5, 5.41) is 8.31. The second kappa shape index (κ2) is 8.87. The molecule has 0 spiro atoms. The van der Waals surface area contributed by atoms with E-state index in [0.29, 0.717) is 12.5 Å². The van der Waals surface area contributed by atoms with E-state index in [1.54, 1.807) is 12.3 Å². The monoisotopic (exact) mass is 400 g/mol. The molecule has 9 nitrogen and oxygen atoms in total. The molecule has 9 heteroatoms. The number of anilines is 1. The number of aromatic nitrogens is 1. The predicted octanol–water partition coefficient (Wildman–Crippen LogP) is -0.509. The number of nitrogens with one attached hydrogen (secondary N) is 3. The van der Waals surface area contributed by atoms with Crippen molar-refractivity contribution in [1.82, 2.24) is 25.8 Å². The van der Waals surface area contributed by atoms with Crippen LogP contribution in [0.15, 0.2) is 18.3 Å². The SMILES string of the molecule is O=C1CC[C@H](NC(=O)c2ccc(N3CCN(C4CCNCC4)CC3)cn2)C(=O)N1. The third-order valence-corrected chi connectivity index (χ3v) is 6.03. The van der Waals surface area contributed by atoms with Crippen LogP contribution >= 0.6 is 0 Å². The average Bonchev–Trinajstić information content (AvgIpc) is 2.76. The van der Waals surface area contributed by atoms with Crippen molar-refractivity contribution in [2.45, 2.75) is 37.8 Å². The van der Waals surface area contributed by atoms with Crippen LogP contribution in [0.4, 0.5) is 5.69 Å². The molecule has 0 aliphatic carbocycles. The van der Waals surface area contributed by atoms with Gasteiger partial charge in [-0.25, -0.2) is 4.98 Å². The molecular formula is C20H28N6O3. The van der Waals surface area contributed by atoms with Gasteiger partial charge in [-0.3, -0.25) is 24.6 Å². The van der Waals surface area contributed by atoms with Gasteiger partial charge in [0.25, 0.3) is 5.91 Å². The van der Waals surface area contributed by atoms with Crippen LogP contribution in [-0.4, -0.2) is 79.0 Å². The maximum atomic E-state index is 12.4. The lowest BCUT2D eigenvalue weighted by atomic mass is 10.0. The quantitative estimate of drug-likeness (QED) is 0.585. The first-order valence-electron chi connectivity index (χ1n) is 10.4. The highest BCUT2D eigenvalue weighted by Crippen LogP contribution is 2.19.